The van der Waals surface area contributed by atoms with Crippen molar-refractivity contribution in [2.45, 2.75) is 26.3 Å². The van der Waals surface area contributed by atoms with Crippen LogP contribution in [0.1, 0.15) is 30.9 Å². The Morgan fingerprint density at radius 1 is 1.07 bits per heavy atom. The third kappa shape index (κ3) is 5.77. The van der Waals surface area contributed by atoms with E-state index in [4.69, 9.17) is 11.6 Å². The largest absolute Gasteiger partial charge is 0.325 e. The van der Waals surface area contributed by atoms with Crippen LogP contribution in [0.4, 0.5) is 10.1 Å². The van der Waals surface area contributed by atoms with E-state index in [0.717, 1.165) is 37.4 Å². The molecule has 6 heteroatoms. The van der Waals surface area contributed by atoms with Gasteiger partial charge < -0.3 is 5.32 Å². The van der Waals surface area contributed by atoms with Gasteiger partial charge in [0.15, 0.2) is 0 Å². The summed E-state index contributed by atoms with van der Waals surface area (Å²) in [6, 6.07) is 12.6. The van der Waals surface area contributed by atoms with Gasteiger partial charge in [-0.1, -0.05) is 43.6 Å². The summed E-state index contributed by atoms with van der Waals surface area (Å²) in [6.07, 6.45) is 0. The summed E-state index contributed by atoms with van der Waals surface area (Å²) in [5.41, 5.74) is 3.02. The van der Waals surface area contributed by atoms with Crippen molar-refractivity contribution in [3.63, 3.8) is 0 Å². The first kappa shape index (κ1) is 20.8. The lowest BCUT2D eigenvalue weighted by Crippen LogP contribution is -2.48. The van der Waals surface area contributed by atoms with Gasteiger partial charge in [-0.25, -0.2) is 4.39 Å². The summed E-state index contributed by atoms with van der Waals surface area (Å²) in [4.78, 5) is 16.8. The number of benzene rings is 2. The van der Waals surface area contributed by atoms with Crippen molar-refractivity contribution in [3.8, 4) is 0 Å². The second kappa shape index (κ2) is 9.50. The van der Waals surface area contributed by atoms with E-state index in [0.29, 0.717) is 24.0 Å². The van der Waals surface area contributed by atoms with E-state index in [2.05, 4.69) is 41.1 Å². The lowest BCUT2D eigenvalue weighted by Gasteiger charge is -2.34. The number of hydrogen-bond acceptors (Lipinski definition) is 3. The summed E-state index contributed by atoms with van der Waals surface area (Å²) >= 11 is 6.12. The number of hydrogen-bond donors (Lipinski definition) is 1. The molecule has 3 rings (SSSR count). The molecule has 4 nitrogen and oxygen atoms in total. The normalized spacial score (nSPS) is 15.8. The Morgan fingerprint density at radius 2 is 1.71 bits per heavy atom. The average Bonchev–Trinajstić information content (AvgIpc) is 2.66. The molecule has 1 fully saturated rings. The second-order valence-electron chi connectivity index (χ2n) is 7.61. The van der Waals surface area contributed by atoms with Crippen molar-refractivity contribution in [3.05, 3.63) is 64.4 Å². The van der Waals surface area contributed by atoms with Gasteiger partial charge >= 0.3 is 0 Å². The molecule has 1 heterocycles. The lowest BCUT2D eigenvalue weighted by atomic mass is 10.0. The van der Waals surface area contributed by atoms with Gasteiger partial charge in [0.1, 0.15) is 5.82 Å². The zero-order chi connectivity index (χ0) is 20.1. The number of rotatable bonds is 6. The molecule has 1 amide bonds. The maximum atomic E-state index is 13.2. The first-order chi connectivity index (χ1) is 13.4. The number of nitrogens with one attached hydrogen (secondary N) is 1. The van der Waals surface area contributed by atoms with E-state index in [1.165, 1.54) is 17.7 Å². The van der Waals surface area contributed by atoms with Crippen LogP contribution in [-0.4, -0.2) is 48.4 Å². The molecule has 0 saturated carbocycles. The Balaban J connectivity index is 1.44. The van der Waals surface area contributed by atoms with Gasteiger partial charge in [0.05, 0.1) is 6.54 Å². The zero-order valence-electron chi connectivity index (χ0n) is 16.4. The highest BCUT2D eigenvalue weighted by atomic mass is 35.5. The fraction of sp³-hybridized carbons (Fsp3) is 0.409. The van der Waals surface area contributed by atoms with Crippen LogP contribution < -0.4 is 5.32 Å². The second-order valence-corrected chi connectivity index (χ2v) is 8.02. The van der Waals surface area contributed by atoms with Crippen molar-refractivity contribution in [2.75, 3.05) is 38.0 Å². The average molecular weight is 404 g/mol. The molecule has 2 aromatic carbocycles. The van der Waals surface area contributed by atoms with Gasteiger partial charge in [-0.2, -0.15) is 0 Å². The smallest absolute Gasteiger partial charge is 0.238 e. The quantitative estimate of drug-likeness (QED) is 0.778. The van der Waals surface area contributed by atoms with Crippen LogP contribution in [0.25, 0.3) is 0 Å². The standard InChI is InChI=1S/C22H27ClFN3O/c1-16(2)17-4-7-20(8-5-17)25-22(28)15-27-11-9-26(10-12-27)14-18-3-6-19(24)13-21(18)23/h3-8,13,16H,9-12,14-15H2,1-2H3,(H,25,28). The molecule has 2 aromatic rings. The predicted molar refractivity (Wildman–Crippen MR) is 112 cm³/mol. The molecule has 0 spiro atoms. The minimum absolute atomic E-state index is 0.00678. The molecule has 1 aliphatic rings. The fourth-order valence-electron chi connectivity index (χ4n) is 3.35. The molecule has 1 N–H and O–H groups in total. The van der Waals surface area contributed by atoms with Crippen LogP contribution in [-0.2, 0) is 11.3 Å². The van der Waals surface area contributed by atoms with E-state index in [9.17, 15) is 9.18 Å². The molecule has 0 unspecified atom stereocenters. The van der Waals surface area contributed by atoms with Crippen LogP contribution >= 0.6 is 11.6 Å². The zero-order valence-corrected chi connectivity index (χ0v) is 17.2. The maximum absolute atomic E-state index is 13.2. The first-order valence-corrected chi connectivity index (χ1v) is 10.1. The highest BCUT2D eigenvalue weighted by Crippen LogP contribution is 2.20. The van der Waals surface area contributed by atoms with E-state index in [-0.39, 0.29) is 11.7 Å². The SMILES string of the molecule is CC(C)c1ccc(NC(=O)CN2CCN(Cc3ccc(F)cc3Cl)CC2)cc1. The Bertz CT molecular complexity index is 802. The third-order valence-electron chi connectivity index (χ3n) is 5.10. The van der Waals surface area contributed by atoms with Gasteiger partial charge in [-0.3, -0.25) is 14.6 Å². The summed E-state index contributed by atoms with van der Waals surface area (Å²) < 4.78 is 13.2. The molecule has 0 atom stereocenters. The molecule has 1 saturated heterocycles. The first-order valence-electron chi connectivity index (χ1n) is 9.69. The number of halogens is 2. The number of amides is 1. The van der Waals surface area contributed by atoms with Crippen LogP contribution in [0.15, 0.2) is 42.5 Å². The highest BCUT2D eigenvalue weighted by molar-refractivity contribution is 6.31. The van der Waals surface area contributed by atoms with Crippen molar-refractivity contribution in [1.82, 2.24) is 9.80 Å². The Labute approximate surface area is 171 Å². The molecule has 28 heavy (non-hydrogen) atoms. The lowest BCUT2D eigenvalue weighted by molar-refractivity contribution is -0.117. The van der Waals surface area contributed by atoms with Gasteiger partial charge in [0.2, 0.25) is 5.91 Å². The summed E-state index contributed by atoms with van der Waals surface area (Å²) in [5, 5.41) is 3.44. The van der Waals surface area contributed by atoms with Gasteiger partial charge in [0.25, 0.3) is 0 Å². The van der Waals surface area contributed by atoms with Crippen molar-refractivity contribution in [1.29, 1.82) is 0 Å². The molecule has 0 aliphatic carbocycles. The molecular formula is C22H27ClFN3O. The Hall–Kier alpha value is -1.95. The van der Waals surface area contributed by atoms with E-state index in [1.54, 1.807) is 6.07 Å². The molecular weight excluding hydrogens is 377 g/mol. The minimum Gasteiger partial charge on any atom is -0.325 e. The monoisotopic (exact) mass is 403 g/mol. The van der Waals surface area contributed by atoms with Gasteiger partial charge in [-0.15, -0.1) is 0 Å². The number of nitrogens with zero attached hydrogens (tertiary/aromatic N) is 2. The topological polar surface area (TPSA) is 35.6 Å². The van der Waals surface area contributed by atoms with Gasteiger partial charge in [-0.05, 0) is 41.3 Å². The molecule has 150 valence electrons. The number of piperazine rings is 1. The van der Waals surface area contributed by atoms with Crippen molar-refractivity contribution < 1.29 is 9.18 Å². The fourth-order valence-corrected chi connectivity index (χ4v) is 3.58. The molecule has 1 aliphatic heterocycles. The predicted octanol–water partition coefficient (Wildman–Crippen LogP) is 4.36. The summed E-state index contributed by atoms with van der Waals surface area (Å²) in [7, 11) is 0. The number of anilines is 1. The van der Waals surface area contributed by atoms with Crippen molar-refractivity contribution in [2.24, 2.45) is 0 Å². The number of carbonyl (C=O) groups excluding carboxylic acids is 1. The van der Waals surface area contributed by atoms with Crippen LogP contribution in [0.5, 0.6) is 0 Å². The Kier molecular flexibility index (Phi) is 7.05. The van der Waals surface area contributed by atoms with E-state index < -0.39 is 0 Å². The molecule has 0 bridgehead atoms. The minimum atomic E-state index is -0.316. The maximum Gasteiger partial charge on any atom is 0.238 e. The molecule has 0 radical (unpaired) electrons. The van der Waals surface area contributed by atoms with Gasteiger partial charge in [0, 0.05) is 43.4 Å². The number of carbonyl (C=O) groups is 1. The van der Waals surface area contributed by atoms with Crippen LogP contribution in [0.2, 0.25) is 5.02 Å². The molecule has 0 aromatic heterocycles. The summed E-state index contributed by atoms with van der Waals surface area (Å²) in [5.74, 6) is 0.168. The van der Waals surface area contributed by atoms with E-state index >= 15 is 0 Å². The Morgan fingerprint density at radius 3 is 2.32 bits per heavy atom. The summed E-state index contributed by atoms with van der Waals surface area (Å²) in [6.45, 7) is 8.72. The van der Waals surface area contributed by atoms with Crippen molar-refractivity contribution >= 4 is 23.2 Å². The van der Waals surface area contributed by atoms with Crippen LogP contribution in [0.3, 0.4) is 0 Å². The highest BCUT2D eigenvalue weighted by Gasteiger charge is 2.20. The van der Waals surface area contributed by atoms with Crippen LogP contribution in [0, 0.1) is 5.82 Å². The third-order valence-corrected chi connectivity index (χ3v) is 5.45. The van der Waals surface area contributed by atoms with E-state index in [1.807, 2.05) is 12.1 Å².